The number of carboxylic acids is 1. The molecule has 2 N–H and O–H groups in total. The van der Waals surface area contributed by atoms with Gasteiger partial charge in [0.25, 0.3) is 0 Å². The summed E-state index contributed by atoms with van der Waals surface area (Å²) in [5.41, 5.74) is -0.851. The number of nitrogens with one attached hydrogen (secondary N) is 1. The molecule has 7 nitrogen and oxygen atoms in total. The van der Waals surface area contributed by atoms with Crippen LogP contribution in [0.25, 0.3) is 11.0 Å². The maximum Gasteiger partial charge on any atom is 0.324 e. The van der Waals surface area contributed by atoms with Gasteiger partial charge >= 0.3 is 5.97 Å². The van der Waals surface area contributed by atoms with Crippen LogP contribution >= 0.6 is 0 Å². The lowest BCUT2D eigenvalue weighted by atomic mass is 9.81. The Morgan fingerprint density at radius 1 is 1.17 bits per heavy atom. The SMILES string of the molecule is CC1(C(=O)O)NC(c2cc3ccccc3o2)C2C(=O)N(C3CCCCC3)C(=O)C21. The molecule has 3 heterocycles. The zero-order valence-corrected chi connectivity index (χ0v) is 16.3. The molecule has 0 radical (unpaired) electrons. The summed E-state index contributed by atoms with van der Waals surface area (Å²) in [6.45, 7) is 1.51. The van der Waals surface area contributed by atoms with Crippen LogP contribution in [-0.4, -0.2) is 39.4 Å². The first-order valence-corrected chi connectivity index (χ1v) is 10.3. The lowest BCUT2D eigenvalue weighted by Gasteiger charge is -2.32. The summed E-state index contributed by atoms with van der Waals surface area (Å²) >= 11 is 0. The summed E-state index contributed by atoms with van der Waals surface area (Å²) in [5, 5.41) is 13.9. The molecule has 0 spiro atoms. The van der Waals surface area contributed by atoms with Crippen molar-refractivity contribution in [2.24, 2.45) is 11.8 Å². The third kappa shape index (κ3) is 2.56. The van der Waals surface area contributed by atoms with Crippen LogP contribution in [0.1, 0.15) is 50.8 Å². The van der Waals surface area contributed by atoms with Crippen molar-refractivity contribution in [1.82, 2.24) is 10.2 Å². The van der Waals surface area contributed by atoms with E-state index < -0.39 is 29.4 Å². The zero-order chi connectivity index (χ0) is 20.3. The Kier molecular flexibility index (Phi) is 4.07. The van der Waals surface area contributed by atoms with E-state index in [1.165, 1.54) is 11.8 Å². The van der Waals surface area contributed by atoms with Gasteiger partial charge in [0.15, 0.2) is 0 Å². The van der Waals surface area contributed by atoms with Gasteiger partial charge in [-0.1, -0.05) is 37.5 Å². The Morgan fingerprint density at radius 2 is 1.90 bits per heavy atom. The molecule has 3 aliphatic rings. The van der Waals surface area contributed by atoms with E-state index >= 15 is 0 Å². The van der Waals surface area contributed by atoms with E-state index in [-0.39, 0.29) is 17.9 Å². The van der Waals surface area contributed by atoms with Crippen molar-refractivity contribution in [1.29, 1.82) is 0 Å². The second-order valence-electron chi connectivity index (χ2n) is 8.66. The van der Waals surface area contributed by atoms with Crippen molar-refractivity contribution in [2.45, 2.75) is 56.7 Å². The number of carbonyl (C=O) groups is 3. The number of imide groups is 1. The van der Waals surface area contributed by atoms with Crippen molar-refractivity contribution >= 4 is 28.8 Å². The van der Waals surface area contributed by atoms with Gasteiger partial charge in [0, 0.05) is 11.4 Å². The zero-order valence-electron chi connectivity index (χ0n) is 16.3. The van der Waals surface area contributed by atoms with Gasteiger partial charge < -0.3 is 9.52 Å². The fourth-order valence-corrected chi connectivity index (χ4v) is 5.46. The molecule has 5 rings (SSSR count). The van der Waals surface area contributed by atoms with E-state index in [1.807, 2.05) is 30.3 Å². The minimum atomic E-state index is -1.52. The molecule has 4 atom stereocenters. The van der Waals surface area contributed by atoms with Gasteiger partial charge in [-0.2, -0.15) is 0 Å². The summed E-state index contributed by atoms with van der Waals surface area (Å²) < 4.78 is 5.96. The predicted octanol–water partition coefficient (Wildman–Crippen LogP) is 2.85. The van der Waals surface area contributed by atoms with E-state index in [1.54, 1.807) is 0 Å². The number of hydrogen-bond donors (Lipinski definition) is 2. The van der Waals surface area contributed by atoms with Crippen LogP contribution in [0.4, 0.5) is 0 Å². The summed E-state index contributed by atoms with van der Waals surface area (Å²) in [7, 11) is 0. The van der Waals surface area contributed by atoms with Gasteiger partial charge in [-0.3, -0.25) is 24.6 Å². The van der Waals surface area contributed by atoms with Crippen molar-refractivity contribution in [3.05, 3.63) is 36.1 Å². The van der Waals surface area contributed by atoms with E-state index in [2.05, 4.69) is 5.32 Å². The Balaban J connectivity index is 1.58. The maximum absolute atomic E-state index is 13.4. The number of furan rings is 1. The summed E-state index contributed by atoms with van der Waals surface area (Å²) in [6, 6.07) is 8.54. The molecule has 1 aliphatic carbocycles. The number of rotatable bonds is 3. The van der Waals surface area contributed by atoms with Crippen molar-refractivity contribution in [3.8, 4) is 0 Å². The molecule has 0 bridgehead atoms. The van der Waals surface area contributed by atoms with E-state index in [4.69, 9.17) is 4.42 Å². The number of para-hydroxylation sites is 1. The second kappa shape index (κ2) is 6.42. The molecule has 2 aliphatic heterocycles. The number of nitrogens with zero attached hydrogens (tertiary/aromatic N) is 1. The molecular weight excluding hydrogens is 372 g/mol. The summed E-state index contributed by atoms with van der Waals surface area (Å²) in [6.07, 6.45) is 4.67. The standard InChI is InChI=1S/C22H24N2O5/c1-22(21(27)28)17-16(19(25)24(20(17)26)13-8-3-2-4-9-13)18(23-22)15-11-12-7-5-6-10-14(12)29-15/h5-7,10-11,13,16-18,23H,2-4,8-9H2,1H3,(H,27,28). The average Bonchev–Trinajstić information content (AvgIpc) is 3.35. The van der Waals surface area contributed by atoms with Crippen LogP contribution in [0, 0.1) is 11.8 Å². The highest BCUT2D eigenvalue weighted by atomic mass is 16.4. The Bertz CT molecular complexity index is 975. The van der Waals surface area contributed by atoms with Crippen molar-refractivity contribution in [2.75, 3.05) is 0 Å². The van der Waals surface area contributed by atoms with Gasteiger partial charge in [0.2, 0.25) is 11.8 Å². The molecule has 1 aromatic carbocycles. The van der Waals surface area contributed by atoms with Crippen LogP contribution in [0.3, 0.4) is 0 Å². The Labute approximate surface area is 168 Å². The van der Waals surface area contributed by atoms with Crippen molar-refractivity contribution < 1.29 is 23.9 Å². The minimum absolute atomic E-state index is 0.122. The molecule has 29 heavy (non-hydrogen) atoms. The number of carbonyl (C=O) groups excluding carboxylic acids is 2. The number of carboxylic acid groups (broad SMARTS) is 1. The molecule has 1 saturated carbocycles. The lowest BCUT2D eigenvalue weighted by molar-refractivity contribution is -0.152. The Hall–Kier alpha value is -2.67. The van der Waals surface area contributed by atoms with E-state index in [9.17, 15) is 19.5 Å². The van der Waals surface area contributed by atoms with Crippen LogP contribution in [-0.2, 0) is 14.4 Å². The van der Waals surface area contributed by atoms with Crippen LogP contribution < -0.4 is 5.32 Å². The first kappa shape index (κ1) is 18.4. The molecule has 152 valence electrons. The average molecular weight is 396 g/mol. The largest absolute Gasteiger partial charge is 0.480 e. The number of hydrogen-bond acceptors (Lipinski definition) is 5. The third-order valence-electron chi connectivity index (χ3n) is 6.96. The molecule has 2 aromatic rings. The quantitative estimate of drug-likeness (QED) is 0.774. The smallest absolute Gasteiger partial charge is 0.324 e. The van der Waals surface area contributed by atoms with Crippen molar-refractivity contribution in [3.63, 3.8) is 0 Å². The van der Waals surface area contributed by atoms with Crippen LogP contribution in [0.5, 0.6) is 0 Å². The molecular formula is C22H24N2O5. The van der Waals surface area contributed by atoms with Gasteiger partial charge in [-0.05, 0) is 31.9 Å². The number of amides is 2. The van der Waals surface area contributed by atoms with Crippen LogP contribution in [0.2, 0.25) is 0 Å². The van der Waals surface area contributed by atoms with Gasteiger partial charge in [-0.25, -0.2) is 0 Å². The fraction of sp³-hybridized carbons (Fsp3) is 0.500. The van der Waals surface area contributed by atoms with Gasteiger partial charge in [0.05, 0.1) is 17.9 Å². The van der Waals surface area contributed by atoms with E-state index in [0.29, 0.717) is 11.3 Å². The number of fused-ring (bicyclic) bond motifs is 2. The highest BCUT2D eigenvalue weighted by Crippen LogP contribution is 2.50. The molecule has 2 saturated heterocycles. The number of benzene rings is 1. The Morgan fingerprint density at radius 3 is 2.59 bits per heavy atom. The molecule has 1 aromatic heterocycles. The molecule has 4 unspecified atom stereocenters. The third-order valence-corrected chi connectivity index (χ3v) is 6.96. The van der Waals surface area contributed by atoms with E-state index in [0.717, 1.165) is 37.5 Å². The number of likely N-dealkylation sites (tertiary alicyclic amines) is 1. The molecule has 3 fully saturated rings. The monoisotopic (exact) mass is 396 g/mol. The van der Waals surface area contributed by atoms with Gasteiger partial charge in [0.1, 0.15) is 16.9 Å². The maximum atomic E-state index is 13.4. The van der Waals surface area contributed by atoms with Gasteiger partial charge in [-0.15, -0.1) is 0 Å². The normalized spacial score (nSPS) is 32.9. The summed E-state index contributed by atoms with van der Waals surface area (Å²) in [5.74, 6) is -2.97. The predicted molar refractivity (Wildman–Crippen MR) is 104 cm³/mol. The minimum Gasteiger partial charge on any atom is -0.480 e. The second-order valence-corrected chi connectivity index (χ2v) is 8.66. The highest BCUT2D eigenvalue weighted by molar-refractivity contribution is 6.09. The summed E-state index contributed by atoms with van der Waals surface area (Å²) in [4.78, 5) is 40.3. The lowest BCUT2D eigenvalue weighted by Crippen LogP contribution is -2.54. The topological polar surface area (TPSA) is 99.8 Å². The first-order valence-electron chi connectivity index (χ1n) is 10.3. The van der Waals surface area contributed by atoms with Crippen LogP contribution in [0.15, 0.2) is 34.7 Å². The fourth-order valence-electron chi connectivity index (χ4n) is 5.46. The molecule has 7 heteroatoms. The molecule has 2 amide bonds. The number of aliphatic carboxylic acids is 1. The highest BCUT2D eigenvalue weighted by Gasteiger charge is 2.67. The first-order chi connectivity index (χ1) is 13.9.